The zero-order chi connectivity index (χ0) is 17.8. The van der Waals surface area contributed by atoms with Crippen molar-refractivity contribution in [2.75, 3.05) is 7.11 Å². The van der Waals surface area contributed by atoms with Crippen LogP contribution in [0.5, 0.6) is 5.75 Å². The van der Waals surface area contributed by atoms with Gasteiger partial charge in [-0.05, 0) is 35.9 Å². The molecule has 1 heterocycles. The van der Waals surface area contributed by atoms with Gasteiger partial charge in [0.1, 0.15) is 29.1 Å². The molecule has 0 atom stereocenters. The fourth-order valence-corrected chi connectivity index (χ4v) is 2.30. The third-order valence-electron chi connectivity index (χ3n) is 3.52. The lowest BCUT2D eigenvalue weighted by molar-refractivity contribution is 0.415. The highest BCUT2D eigenvalue weighted by atomic mass is 19.1. The van der Waals surface area contributed by atoms with Crippen molar-refractivity contribution in [3.8, 4) is 23.1 Å². The molecule has 1 aromatic heterocycles. The molecule has 0 aliphatic carbocycles. The molecule has 124 valence electrons. The van der Waals surface area contributed by atoms with Gasteiger partial charge in [-0.1, -0.05) is 17.4 Å². The summed E-state index contributed by atoms with van der Waals surface area (Å²) in [5, 5.41) is 19.1. The van der Waals surface area contributed by atoms with E-state index in [1.165, 1.54) is 25.3 Å². The minimum absolute atomic E-state index is 0.229. The van der Waals surface area contributed by atoms with Crippen molar-refractivity contribution >= 4 is 12.2 Å². The van der Waals surface area contributed by atoms with Gasteiger partial charge in [0, 0.05) is 17.2 Å². The van der Waals surface area contributed by atoms with Gasteiger partial charge in [-0.15, -0.1) is 5.10 Å². The van der Waals surface area contributed by atoms with Crippen LogP contribution in [-0.2, 0) is 0 Å². The van der Waals surface area contributed by atoms with Crippen LogP contribution in [-0.4, -0.2) is 22.5 Å². The molecule has 3 rings (SSSR count). The van der Waals surface area contributed by atoms with Gasteiger partial charge in [0.25, 0.3) is 0 Å². The molecule has 7 heteroatoms. The molecule has 0 fully saturated rings. The van der Waals surface area contributed by atoms with E-state index in [0.717, 1.165) is 6.07 Å². The molecule has 3 aromatic rings. The minimum atomic E-state index is -0.650. The molecule has 0 bridgehead atoms. The largest absolute Gasteiger partial charge is 0.497 e. The number of nitrogens with one attached hydrogen (secondary N) is 1. The summed E-state index contributed by atoms with van der Waals surface area (Å²) in [6, 6.07) is 10.6. The first kappa shape index (κ1) is 16.3. The van der Waals surface area contributed by atoms with Gasteiger partial charge in [0.15, 0.2) is 5.69 Å². The average molecular weight is 338 g/mol. The Kier molecular flexibility index (Phi) is 4.53. The molecular formula is C18H12F2N4O. The van der Waals surface area contributed by atoms with Crippen molar-refractivity contribution in [1.29, 1.82) is 5.26 Å². The molecule has 0 spiro atoms. The lowest BCUT2D eigenvalue weighted by Crippen LogP contribution is -1.89. The van der Waals surface area contributed by atoms with Crippen LogP contribution in [0.15, 0.2) is 36.4 Å². The quantitative estimate of drug-likeness (QED) is 0.734. The summed E-state index contributed by atoms with van der Waals surface area (Å²) < 4.78 is 32.0. The normalized spacial score (nSPS) is 10.8. The fraction of sp³-hybridized carbons (Fsp3) is 0.0556. The number of aromatic amines is 1. The Morgan fingerprint density at radius 3 is 2.72 bits per heavy atom. The highest BCUT2D eigenvalue weighted by Crippen LogP contribution is 2.27. The van der Waals surface area contributed by atoms with Crippen LogP contribution in [0.25, 0.3) is 23.4 Å². The highest BCUT2D eigenvalue weighted by molar-refractivity contribution is 5.75. The molecule has 1 N–H and O–H groups in total. The lowest BCUT2D eigenvalue weighted by Gasteiger charge is -2.05. The molecular weight excluding hydrogens is 326 g/mol. The number of nitrogens with zero attached hydrogens (tertiary/aromatic N) is 3. The van der Waals surface area contributed by atoms with Gasteiger partial charge in [-0.2, -0.15) is 5.26 Å². The zero-order valence-electron chi connectivity index (χ0n) is 13.1. The van der Waals surface area contributed by atoms with Gasteiger partial charge in [0.2, 0.25) is 0 Å². The van der Waals surface area contributed by atoms with E-state index >= 15 is 0 Å². The number of aromatic nitrogens is 3. The minimum Gasteiger partial charge on any atom is -0.497 e. The Bertz CT molecular complexity index is 989. The molecule has 0 saturated heterocycles. The van der Waals surface area contributed by atoms with Gasteiger partial charge in [-0.3, -0.25) is 0 Å². The number of halogens is 2. The maximum absolute atomic E-state index is 13.7. The fourth-order valence-electron chi connectivity index (χ4n) is 2.30. The number of benzene rings is 2. The second-order valence-electron chi connectivity index (χ2n) is 5.14. The average Bonchev–Trinajstić information content (AvgIpc) is 3.09. The third kappa shape index (κ3) is 3.53. The van der Waals surface area contributed by atoms with E-state index in [2.05, 4.69) is 15.4 Å². The summed E-state index contributed by atoms with van der Waals surface area (Å²) in [6.45, 7) is 0. The topological polar surface area (TPSA) is 74.6 Å². The highest BCUT2D eigenvalue weighted by Gasteiger charge is 2.11. The van der Waals surface area contributed by atoms with Crippen LogP contribution >= 0.6 is 0 Å². The maximum Gasteiger partial charge on any atom is 0.163 e. The standard InChI is InChI=1S/C18H12F2N4O/c1-25-15-7-11(2-3-12-4-5-14(19)9-16(12)20)6-13(8-15)18-17(10-21)22-24-23-18/h2-9H,1H3,(H,22,23,24)/b3-2+. The Hall–Kier alpha value is -3.53. The Balaban J connectivity index is 2.00. The number of hydrogen-bond donors (Lipinski definition) is 1. The Labute approximate surface area is 142 Å². The van der Waals surface area contributed by atoms with Crippen molar-refractivity contribution in [2.45, 2.75) is 0 Å². The van der Waals surface area contributed by atoms with E-state index in [9.17, 15) is 8.78 Å². The van der Waals surface area contributed by atoms with Crippen molar-refractivity contribution in [1.82, 2.24) is 15.4 Å². The van der Waals surface area contributed by atoms with Gasteiger partial charge < -0.3 is 4.74 Å². The summed E-state index contributed by atoms with van der Waals surface area (Å²) >= 11 is 0. The summed E-state index contributed by atoms with van der Waals surface area (Å²) in [5.41, 5.74) is 2.20. The SMILES string of the molecule is COc1cc(/C=C/c2ccc(F)cc2F)cc(-c2nn[nH]c2C#N)c1. The summed E-state index contributed by atoms with van der Waals surface area (Å²) in [6.07, 6.45) is 3.19. The number of hydrogen-bond acceptors (Lipinski definition) is 4. The van der Waals surface area contributed by atoms with E-state index < -0.39 is 11.6 Å². The van der Waals surface area contributed by atoms with Crippen LogP contribution in [0.3, 0.4) is 0 Å². The van der Waals surface area contributed by atoms with Crippen molar-refractivity contribution in [2.24, 2.45) is 0 Å². The molecule has 2 aromatic carbocycles. The summed E-state index contributed by atoms with van der Waals surface area (Å²) in [7, 11) is 1.51. The van der Waals surface area contributed by atoms with Gasteiger partial charge >= 0.3 is 0 Å². The second-order valence-corrected chi connectivity index (χ2v) is 5.14. The van der Waals surface area contributed by atoms with E-state index in [0.29, 0.717) is 22.6 Å². The van der Waals surface area contributed by atoms with Crippen molar-refractivity contribution in [3.05, 3.63) is 64.9 Å². The molecule has 0 amide bonds. The van der Waals surface area contributed by atoms with Crippen molar-refractivity contribution in [3.63, 3.8) is 0 Å². The summed E-state index contributed by atoms with van der Waals surface area (Å²) in [4.78, 5) is 0. The number of H-pyrrole nitrogens is 1. The monoisotopic (exact) mass is 338 g/mol. The first-order valence-corrected chi connectivity index (χ1v) is 7.24. The van der Waals surface area contributed by atoms with Crippen LogP contribution < -0.4 is 4.74 Å². The smallest absolute Gasteiger partial charge is 0.163 e. The molecule has 0 unspecified atom stereocenters. The number of ether oxygens (including phenoxy) is 1. The van der Waals surface area contributed by atoms with Crippen molar-refractivity contribution < 1.29 is 13.5 Å². The summed E-state index contributed by atoms with van der Waals surface area (Å²) in [5.74, 6) is -0.736. The Morgan fingerprint density at radius 2 is 2.00 bits per heavy atom. The predicted molar refractivity (Wildman–Crippen MR) is 88.4 cm³/mol. The predicted octanol–water partition coefficient (Wildman–Crippen LogP) is 3.80. The molecule has 0 aliphatic rings. The van der Waals surface area contributed by atoms with E-state index in [1.54, 1.807) is 24.3 Å². The molecule has 0 radical (unpaired) electrons. The van der Waals surface area contributed by atoms with E-state index in [-0.39, 0.29) is 11.3 Å². The molecule has 5 nitrogen and oxygen atoms in total. The van der Waals surface area contributed by atoms with E-state index in [4.69, 9.17) is 10.00 Å². The molecule has 0 saturated carbocycles. The van der Waals surface area contributed by atoms with Crippen LogP contribution in [0.2, 0.25) is 0 Å². The second kappa shape index (κ2) is 6.93. The first-order chi connectivity index (χ1) is 12.1. The van der Waals surface area contributed by atoms with Crippen LogP contribution in [0.4, 0.5) is 8.78 Å². The maximum atomic E-state index is 13.7. The van der Waals surface area contributed by atoms with Crippen LogP contribution in [0, 0.1) is 23.0 Å². The molecule has 0 aliphatic heterocycles. The number of rotatable bonds is 4. The Morgan fingerprint density at radius 1 is 1.16 bits per heavy atom. The van der Waals surface area contributed by atoms with Crippen LogP contribution in [0.1, 0.15) is 16.8 Å². The number of methoxy groups -OCH3 is 1. The van der Waals surface area contributed by atoms with Gasteiger partial charge in [-0.25, -0.2) is 13.9 Å². The number of nitriles is 1. The van der Waals surface area contributed by atoms with E-state index in [1.807, 2.05) is 6.07 Å². The van der Waals surface area contributed by atoms with Gasteiger partial charge in [0.05, 0.1) is 7.11 Å². The third-order valence-corrected chi connectivity index (χ3v) is 3.52. The lowest BCUT2D eigenvalue weighted by atomic mass is 10.0. The zero-order valence-corrected chi connectivity index (χ0v) is 13.1. The first-order valence-electron chi connectivity index (χ1n) is 7.24. The molecule has 25 heavy (non-hydrogen) atoms.